The number of para-hydroxylation sites is 1. The Kier molecular flexibility index (Phi) is 5.47. The predicted molar refractivity (Wildman–Crippen MR) is 119 cm³/mol. The smallest absolute Gasteiger partial charge is 0.205 e. The maximum atomic E-state index is 13.3. The molecule has 0 atom stereocenters. The number of fused-ring (bicyclic) bond motifs is 1. The van der Waals surface area contributed by atoms with Crippen molar-refractivity contribution in [1.82, 2.24) is 14.8 Å². The van der Waals surface area contributed by atoms with E-state index < -0.39 is 0 Å². The fraction of sp³-hybridized carbons (Fsp3) is 0.120. The number of benzene rings is 2. The fourth-order valence-corrected chi connectivity index (χ4v) is 3.65. The van der Waals surface area contributed by atoms with Gasteiger partial charge in [0.05, 0.1) is 30.3 Å². The van der Waals surface area contributed by atoms with E-state index in [0.29, 0.717) is 29.8 Å². The average molecular weight is 405 g/mol. The van der Waals surface area contributed by atoms with Gasteiger partial charge in [0, 0.05) is 33.9 Å². The zero-order valence-electron chi connectivity index (χ0n) is 17.0. The Morgan fingerprint density at radius 1 is 1.13 bits per heavy atom. The van der Waals surface area contributed by atoms with Crippen LogP contribution in [0.5, 0.6) is 0 Å². The maximum absolute atomic E-state index is 13.3. The van der Waals surface area contributed by atoms with Crippen molar-refractivity contribution in [2.75, 3.05) is 0 Å². The first-order valence-electron chi connectivity index (χ1n) is 9.86. The van der Waals surface area contributed by atoms with E-state index >= 15 is 0 Å². The lowest BCUT2D eigenvalue weighted by Crippen LogP contribution is -2.03. The van der Waals surface area contributed by atoms with Crippen molar-refractivity contribution in [3.63, 3.8) is 0 Å². The van der Waals surface area contributed by atoms with E-state index in [0.717, 1.165) is 22.2 Å². The summed E-state index contributed by atoms with van der Waals surface area (Å²) in [5.74, 6) is -0.332. The first-order valence-corrected chi connectivity index (χ1v) is 9.86. The number of allylic oxidation sites excluding steroid dienone is 1. The quantitative estimate of drug-likeness (QED) is 0.276. The van der Waals surface area contributed by atoms with E-state index in [1.807, 2.05) is 61.5 Å². The minimum absolute atomic E-state index is 0.0323. The Labute approximate surface area is 179 Å². The largest absolute Gasteiger partial charge is 0.358 e. The number of aryl methyl sites for hydroxylation is 2. The highest BCUT2D eigenvalue weighted by atomic mass is 16.1. The Morgan fingerprint density at radius 2 is 1.87 bits per heavy atom. The number of nitrogens with zero attached hydrogens (tertiary/aromatic N) is 4. The highest BCUT2D eigenvalue weighted by Gasteiger charge is 2.21. The zero-order valence-corrected chi connectivity index (χ0v) is 17.0. The van der Waals surface area contributed by atoms with Crippen LogP contribution in [-0.2, 0) is 6.54 Å². The zero-order chi connectivity index (χ0) is 21.8. The molecular weight excluding hydrogens is 386 g/mol. The molecule has 0 spiro atoms. The Morgan fingerprint density at radius 3 is 2.61 bits per heavy atom. The fourth-order valence-electron chi connectivity index (χ4n) is 3.65. The van der Waals surface area contributed by atoms with Crippen LogP contribution in [-0.4, -0.2) is 20.5 Å². The van der Waals surface area contributed by atoms with E-state index in [4.69, 9.17) is 5.26 Å². The maximum Gasteiger partial charge on any atom is 0.205 e. The summed E-state index contributed by atoms with van der Waals surface area (Å²) in [6.45, 7) is 2.26. The SMILES string of the molecule is Cc1[nH]c2ccccc2c1C(=O)/C(C#N)=C/c1cn(CCC#N)nc1-c1ccccc1. The molecule has 2 aromatic heterocycles. The lowest BCUT2D eigenvalue weighted by atomic mass is 9.98. The average Bonchev–Trinajstić information content (AvgIpc) is 3.35. The van der Waals surface area contributed by atoms with Crippen LogP contribution in [0, 0.1) is 29.6 Å². The summed E-state index contributed by atoms with van der Waals surface area (Å²) < 4.78 is 1.67. The van der Waals surface area contributed by atoms with Crippen molar-refractivity contribution < 1.29 is 4.79 Å². The molecule has 0 fully saturated rings. The number of aromatic amines is 1. The molecule has 0 aliphatic rings. The van der Waals surface area contributed by atoms with Crippen LogP contribution < -0.4 is 0 Å². The molecule has 0 saturated heterocycles. The van der Waals surface area contributed by atoms with Gasteiger partial charge in [0.1, 0.15) is 11.6 Å². The van der Waals surface area contributed by atoms with E-state index in [1.54, 1.807) is 17.0 Å². The predicted octanol–water partition coefficient (Wildman–Crippen LogP) is 5.04. The third-order valence-electron chi connectivity index (χ3n) is 5.08. The second-order valence-electron chi connectivity index (χ2n) is 7.14. The molecule has 0 saturated carbocycles. The van der Waals surface area contributed by atoms with Crippen LogP contribution in [0.2, 0.25) is 0 Å². The first-order chi connectivity index (χ1) is 15.1. The van der Waals surface area contributed by atoms with E-state index in [9.17, 15) is 10.1 Å². The van der Waals surface area contributed by atoms with Crippen LogP contribution >= 0.6 is 0 Å². The van der Waals surface area contributed by atoms with E-state index in [2.05, 4.69) is 22.2 Å². The van der Waals surface area contributed by atoms with E-state index in [1.165, 1.54) is 0 Å². The van der Waals surface area contributed by atoms with Gasteiger partial charge in [0.2, 0.25) is 5.78 Å². The molecule has 0 unspecified atom stereocenters. The van der Waals surface area contributed by atoms with Gasteiger partial charge in [-0.3, -0.25) is 9.48 Å². The topological polar surface area (TPSA) is 98.3 Å². The number of nitrogens with one attached hydrogen (secondary N) is 1. The summed E-state index contributed by atoms with van der Waals surface area (Å²) in [6.07, 6.45) is 3.67. The molecule has 0 amide bonds. The Hall–Kier alpha value is -4.42. The molecule has 0 bridgehead atoms. The second kappa shape index (κ2) is 8.52. The van der Waals surface area contributed by atoms with Gasteiger partial charge < -0.3 is 4.98 Å². The number of H-pyrrole nitrogens is 1. The number of carbonyl (C=O) groups is 1. The van der Waals surface area contributed by atoms with Gasteiger partial charge in [-0.25, -0.2) is 0 Å². The first kappa shape index (κ1) is 19.9. The summed E-state index contributed by atoms with van der Waals surface area (Å²) in [5, 5.41) is 24.1. The number of nitriles is 2. The van der Waals surface area contributed by atoms with Gasteiger partial charge >= 0.3 is 0 Å². The molecule has 1 N–H and O–H groups in total. The molecule has 150 valence electrons. The summed E-state index contributed by atoms with van der Waals surface area (Å²) in [4.78, 5) is 16.5. The van der Waals surface area contributed by atoms with Crippen LogP contribution in [0.3, 0.4) is 0 Å². The van der Waals surface area contributed by atoms with Gasteiger partial charge in [-0.2, -0.15) is 15.6 Å². The third-order valence-corrected chi connectivity index (χ3v) is 5.08. The Balaban J connectivity index is 1.81. The number of aromatic nitrogens is 3. The van der Waals surface area contributed by atoms with Crippen LogP contribution in [0.1, 0.15) is 28.0 Å². The lowest BCUT2D eigenvalue weighted by Gasteiger charge is -2.02. The molecule has 31 heavy (non-hydrogen) atoms. The lowest BCUT2D eigenvalue weighted by molar-refractivity contribution is 0.104. The monoisotopic (exact) mass is 405 g/mol. The van der Waals surface area contributed by atoms with Gasteiger partial charge in [0.15, 0.2) is 0 Å². The summed E-state index contributed by atoms with van der Waals surface area (Å²) in [6, 6.07) is 21.3. The molecule has 6 heteroatoms. The highest BCUT2D eigenvalue weighted by Crippen LogP contribution is 2.28. The number of rotatable bonds is 6. The molecule has 2 heterocycles. The van der Waals surface area contributed by atoms with Crippen molar-refractivity contribution in [3.8, 4) is 23.4 Å². The summed E-state index contributed by atoms with van der Waals surface area (Å²) >= 11 is 0. The molecule has 4 rings (SSSR count). The van der Waals surface area contributed by atoms with Crippen LogP contribution in [0.4, 0.5) is 0 Å². The van der Waals surface area contributed by atoms with Gasteiger partial charge in [0.25, 0.3) is 0 Å². The molecule has 4 aromatic rings. The number of ketones is 1. The van der Waals surface area contributed by atoms with Crippen molar-refractivity contribution in [2.24, 2.45) is 0 Å². The molecule has 0 aliphatic carbocycles. The van der Waals surface area contributed by atoms with Gasteiger partial charge in [-0.05, 0) is 19.1 Å². The van der Waals surface area contributed by atoms with Crippen molar-refractivity contribution >= 4 is 22.8 Å². The van der Waals surface area contributed by atoms with Crippen LogP contribution in [0.25, 0.3) is 28.2 Å². The highest BCUT2D eigenvalue weighted by molar-refractivity contribution is 6.20. The van der Waals surface area contributed by atoms with Crippen molar-refractivity contribution in [1.29, 1.82) is 10.5 Å². The minimum atomic E-state index is -0.332. The molecule has 0 radical (unpaired) electrons. The third kappa shape index (κ3) is 3.88. The van der Waals surface area contributed by atoms with Crippen molar-refractivity contribution in [2.45, 2.75) is 19.9 Å². The number of carbonyl (C=O) groups excluding carboxylic acids is 1. The standard InChI is InChI=1S/C25H19N5O/c1-17-23(21-10-5-6-11-22(21)28-17)25(31)19(15-27)14-20-16-30(13-7-12-26)29-24(20)18-8-3-2-4-9-18/h2-6,8-11,14,16,28H,7,13H2,1H3/b19-14+. The Bertz CT molecular complexity index is 1380. The van der Waals surface area contributed by atoms with Gasteiger partial charge in [-0.1, -0.05) is 48.5 Å². The number of hydrogen-bond acceptors (Lipinski definition) is 4. The molecule has 0 aliphatic heterocycles. The van der Waals surface area contributed by atoms with E-state index in [-0.39, 0.29) is 11.4 Å². The second-order valence-corrected chi connectivity index (χ2v) is 7.14. The normalized spacial score (nSPS) is 11.3. The summed E-state index contributed by atoms with van der Waals surface area (Å²) in [7, 11) is 0. The number of hydrogen-bond donors (Lipinski definition) is 1. The van der Waals surface area contributed by atoms with Crippen LogP contribution in [0.15, 0.2) is 66.4 Å². The summed E-state index contributed by atoms with van der Waals surface area (Å²) in [5.41, 5.74) is 4.31. The number of Topliss-reactive ketones (excluding diaryl/α,β-unsaturated/α-hetero) is 1. The van der Waals surface area contributed by atoms with Crippen molar-refractivity contribution in [3.05, 3.63) is 83.2 Å². The molecule has 6 nitrogen and oxygen atoms in total. The molecule has 2 aromatic carbocycles. The minimum Gasteiger partial charge on any atom is -0.358 e. The van der Waals surface area contributed by atoms with Gasteiger partial charge in [-0.15, -0.1) is 0 Å². The molecular formula is C25H19N5O.